The van der Waals surface area contributed by atoms with Gasteiger partial charge in [-0.15, -0.1) is 0 Å². The topological polar surface area (TPSA) is 88.5 Å². The largest absolute Gasteiger partial charge is 0.361 e. The molecular weight excluding hydrogens is 342 g/mol. The van der Waals surface area contributed by atoms with Crippen molar-refractivity contribution in [2.75, 3.05) is 6.54 Å². The predicted molar refractivity (Wildman–Crippen MR) is 107 cm³/mol. The summed E-state index contributed by atoms with van der Waals surface area (Å²) in [6.07, 6.45) is 3.80. The third-order valence-electron chi connectivity index (χ3n) is 4.76. The molecule has 0 aromatic carbocycles. The van der Waals surface area contributed by atoms with Crippen molar-refractivity contribution in [3.05, 3.63) is 34.5 Å². The first kappa shape index (κ1) is 21.0. The summed E-state index contributed by atoms with van der Waals surface area (Å²) in [5.41, 5.74) is 3.10. The fraction of sp³-hybridized carbons (Fsp3) is 0.650. The molecule has 0 saturated heterocycles. The van der Waals surface area contributed by atoms with E-state index in [0.717, 1.165) is 66.7 Å². The van der Waals surface area contributed by atoms with Gasteiger partial charge in [-0.05, 0) is 26.2 Å². The van der Waals surface area contributed by atoms with Gasteiger partial charge >= 0.3 is 0 Å². The van der Waals surface area contributed by atoms with E-state index < -0.39 is 0 Å². The van der Waals surface area contributed by atoms with Crippen LogP contribution in [0.3, 0.4) is 0 Å². The monoisotopic (exact) mass is 375 g/mol. The van der Waals surface area contributed by atoms with Crippen LogP contribution in [0.5, 0.6) is 0 Å². The van der Waals surface area contributed by atoms with Gasteiger partial charge in [0.2, 0.25) is 0 Å². The fourth-order valence-electron chi connectivity index (χ4n) is 3.10. The Morgan fingerprint density at radius 1 is 1.04 bits per heavy atom. The average molecular weight is 376 g/mol. The van der Waals surface area contributed by atoms with E-state index >= 15 is 0 Å². The number of nitrogens with zero attached hydrogens (tertiary/aromatic N) is 3. The van der Waals surface area contributed by atoms with Crippen molar-refractivity contribution in [2.24, 2.45) is 4.99 Å². The van der Waals surface area contributed by atoms with Crippen molar-refractivity contribution in [1.82, 2.24) is 20.9 Å². The zero-order chi connectivity index (χ0) is 19.6. The second-order valence-corrected chi connectivity index (χ2v) is 6.52. The summed E-state index contributed by atoms with van der Waals surface area (Å²) in [4.78, 5) is 4.69. The van der Waals surface area contributed by atoms with Gasteiger partial charge < -0.3 is 19.7 Å². The molecule has 0 aliphatic carbocycles. The van der Waals surface area contributed by atoms with Crippen LogP contribution in [-0.2, 0) is 25.9 Å². The van der Waals surface area contributed by atoms with Gasteiger partial charge in [-0.25, -0.2) is 4.99 Å². The molecule has 0 atom stereocenters. The van der Waals surface area contributed by atoms with Crippen molar-refractivity contribution in [1.29, 1.82) is 0 Å². The lowest BCUT2D eigenvalue weighted by molar-refractivity contribution is 0.368. The van der Waals surface area contributed by atoms with Crippen molar-refractivity contribution >= 4 is 5.96 Å². The van der Waals surface area contributed by atoms with Crippen LogP contribution in [0.2, 0.25) is 0 Å². The highest BCUT2D eigenvalue weighted by Gasteiger charge is 2.14. The lowest BCUT2D eigenvalue weighted by atomic mass is 9.99. The summed E-state index contributed by atoms with van der Waals surface area (Å²) in [5, 5.41) is 15.0. The molecular formula is C20H33N5O2. The normalized spacial score (nSPS) is 12.0. The Kier molecular flexibility index (Phi) is 8.36. The van der Waals surface area contributed by atoms with Crippen LogP contribution in [0.1, 0.15) is 81.9 Å². The molecule has 0 bridgehead atoms. The van der Waals surface area contributed by atoms with Crippen LogP contribution in [0.15, 0.2) is 20.1 Å². The summed E-state index contributed by atoms with van der Waals surface area (Å²) < 4.78 is 10.9. The first-order valence-electron chi connectivity index (χ1n) is 10.1. The molecule has 2 heterocycles. The minimum atomic E-state index is 0.456. The van der Waals surface area contributed by atoms with Crippen molar-refractivity contribution in [2.45, 2.75) is 79.3 Å². The number of aryl methyl sites for hydroxylation is 2. The van der Waals surface area contributed by atoms with Gasteiger partial charge in [0.15, 0.2) is 11.7 Å². The third kappa shape index (κ3) is 5.58. The van der Waals surface area contributed by atoms with Crippen LogP contribution in [0.25, 0.3) is 0 Å². The molecule has 0 saturated carbocycles. The molecule has 0 fully saturated rings. The predicted octanol–water partition coefficient (Wildman–Crippen LogP) is 3.95. The molecule has 0 aliphatic rings. The number of aliphatic imine (C=N–C) groups is 1. The van der Waals surface area contributed by atoms with Crippen LogP contribution in [0.4, 0.5) is 0 Å². The maximum absolute atomic E-state index is 5.48. The third-order valence-corrected chi connectivity index (χ3v) is 4.76. The molecule has 7 heteroatoms. The molecule has 0 aliphatic heterocycles. The molecule has 7 nitrogen and oxygen atoms in total. The minimum absolute atomic E-state index is 0.456. The van der Waals surface area contributed by atoms with Gasteiger partial charge in [-0.3, -0.25) is 0 Å². The van der Waals surface area contributed by atoms with E-state index in [4.69, 9.17) is 14.0 Å². The number of nitrogens with one attached hydrogen (secondary N) is 2. The van der Waals surface area contributed by atoms with Gasteiger partial charge in [0, 0.05) is 30.5 Å². The summed E-state index contributed by atoms with van der Waals surface area (Å²) in [6, 6.07) is 2.04. The second-order valence-electron chi connectivity index (χ2n) is 6.52. The second kappa shape index (κ2) is 10.7. The van der Waals surface area contributed by atoms with E-state index in [-0.39, 0.29) is 0 Å². The number of aromatic nitrogens is 2. The number of guanidine groups is 1. The Hall–Kier alpha value is -2.31. The molecule has 2 aromatic heterocycles. The zero-order valence-corrected chi connectivity index (χ0v) is 17.3. The summed E-state index contributed by atoms with van der Waals surface area (Å²) >= 11 is 0. The quantitative estimate of drug-likeness (QED) is 0.483. The molecule has 0 radical (unpaired) electrons. The number of hydrogen-bond acceptors (Lipinski definition) is 5. The van der Waals surface area contributed by atoms with E-state index in [2.05, 4.69) is 48.6 Å². The SMILES string of the molecule is CCNC(=NCc1c(CC)noc1CC)NCc1cc(C(CC)CC)no1. The molecule has 2 rings (SSSR count). The molecule has 0 spiro atoms. The fourth-order valence-corrected chi connectivity index (χ4v) is 3.10. The van der Waals surface area contributed by atoms with Crippen molar-refractivity contribution in [3.63, 3.8) is 0 Å². The van der Waals surface area contributed by atoms with Crippen molar-refractivity contribution in [3.8, 4) is 0 Å². The Morgan fingerprint density at radius 2 is 1.81 bits per heavy atom. The first-order valence-corrected chi connectivity index (χ1v) is 10.1. The van der Waals surface area contributed by atoms with Gasteiger partial charge in [-0.1, -0.05) is 38.0 Å². The van der Waals surface area contributed by atoms with E-state index in [1.54, 1.807) is 0 Å². The lowest BCUT2D eigenvalue weighted by Crippen LogP contribution is -2.36. The number of hydrogen-bond donors (Lipinski definition) is 2. The van der Waals surface area contributed by atoms with Crippen LogP contribution >= 0.6 is 0 Å². The Labute approximate surface area is 162 Å². The highest BCUT2D eigenvalue weighted by atomic mass is 16.5. The molecule has 2 N–H and O–H groups in total. The molecule has 0 amide bonds. The van der Waals surface area contributed by atoms with E-state index in [1.807, 2.05) is 13.0 Å². The lowest BCUT2D eigenvalue weighted by Gasteiger charge is -2.10. The average Bonchev–Trinajstić information content (AvgIpc) is 3.31. The molecule has 0 unspecified atom stereocenters. The van der Waals surface area contributed by atoms with Gasteiger partial charge in [0.05, 0.1) is 24.5 Å². The number of rotatable bonds is 10. The summed E-state index contributed by atoms with van der Waals surface area (Å²) in [6.45, 7) is 12.4. The highest BCUT2D eigenvalue weighted by molar-refractivity contribution is 5.79. The highest BCUT2D eigenvalue weighted by Crippen LogP contribution is 2.22. The molecule has 2 aromatic rings. The van der Waals surface area contributed by atoms with E-state index in [1.165, 1.54) is 0 Å². The van der Waals surface area contributed by atoms with Crippen LogP contribution in [0, 0.1) is 0 Å². The van der Waals surface area contributed by atoms with Crippen molar-refractivity contribution < 1.29 is 9.05 Å². The Bertz CT molecular complexity index is 694. The maximum atomic E-state index is 5.48. The zero-order valence-electron chi connectivity index (χ0n) is 17.3. The van der Waals surface area contributed by atoms with E-state index in [0.29, 0.717) is 19.0 Å². The molecule has 150 valence electrons. The Morgan fingerprint density at radius 3 is 2.44 bits per heavy atom. The standard InChI is InChI=1S/C20H33N5O2/c1-6-14(7-2)18-11-15(26-25-18)12-22-20(21-10-5)23-13-16-17(8-3)24-27-19(16)9-4/h11,14H,6-10,12-13H2,1-5H3,(H2,21,22,23). The van der Waals surface area contributed by atoms with Crippen LogP contribution in [-0.4, -0.2) is 22.8 Å². The summed E-state index contributed by atoms with van der Waals surface area (Å²) in [5.74, 6) is 2.92. The van der Waals surface area contributed by atoms with Gasteiger partial charge in [-0.2, -0.15) is 0 Å². The molecule has 27 heavy (non-hydrogen) atoms. The first-order chi connectivity index (χ1) is 13.2. The van der Waals surface area contributed by atoms with Crippen LogP contribution < -0.4 is 10.6 Å². The van der Waals surface area contributed by atoms with Gasteiger partial charge in [0.1, 0.15) is 5.76 Å². The smallest absolute Gasteiger partial charge is 0.191 e. The summed E-state index contributed by atoms with van der Waals surface area (Å²) in [7, 11) is 0. The maximum Gasteiger partial charge on any atom is 0.191 e. The minimum Gasteiger partial charge on any atom is -0.361 e. The Balaban J connectivity index is 2.03. The van der Waals surface area contributed by atoms with Gasteiger partial charge in [0.25, 0.3) is 0 Å². The van der Waals surface area contributed by atoms with E-state index in [9.17, 15) is 0 Å².